The minimum Gasteiger partial charge on any atom is -0.627 e. The van der Waals surface area contributed by atoms with Crippen LogP contribution in [-0.4, -0.2) is 45.6 Å². The van der Waals surface area contributed by atoms with Gasteiger partial charge in [-0.2, -0.15) is 5.10 Å². The summed E-state index contributed by atoms with van der Waals surface area (Å²) < 4.78 is 45.2. The third-order valence-corrected chi connectivity index (χ3v) is 7.97. The van der Waals surface area contributed by atoms with Gasteiger partial charge >= 0.3 is 0 Å². The molecule has 0 bridgehead atoms. The quantitative estimate of drug-likeness (QED) is 0.281. The number of aromatic nitrogens is 4. The van der Waals surface area contributed by atoms with Crippen molar-refractivity contribution in [3.8, 4) is 0 Å². The van der Waals surface area contributed by atoms with Crippen LogP contribution in [0.2, 0.25) is 0 Å². The zero-order valence-electron chi connectivity index (χ0n) is 19.3. The Balaban J connectivity index is 1.51. The van der Waals surface area contributed by atoms with E-state index in [0.29, 0.717) is 17.9 Å². The Morgan fingerprint density at radius 2 is 1.85 bits per heavy atom. The number of hydrogen-bond donors (Lipinski definition) is 1. The summed E-state index contributed by atoms with van der Waals surface area (Å²) in [6.45, 7) is 0.235. The lowest BCUT2D eigenvalue weighted by atomic mass is 10.0. The first kappa shape index (κ1) is 19.3. The highest BCUT2D eigenvalue weighted by Gasteiger charge is 2.33. The van der Waals surface area contributed by atoms with Crippen LogP contribution in [0.3, 0.4) is 0 Å². The molecule has 0 aliphatic carbocycles. The van der Waals surface area contributed by atoms with E-state index in [9.17, 15) is 18.8 Å². The summed E-state index contributed by atoms with van der Waals surface area (Å²) in [4.78, 5) is 20.7. The van der Waals surface area contributed by atoms with Gasteiger partial charge in [0, 0.05) is 45.3 Å². The van der Waals surface area contributed by atoms with Crippen molar-refractivity contribution >= 4 is 29.9 Å². The molecule has 4 aromatic rings. The van der Waals surface area contributed by atoms with Crippen molar-refractivity contribution in [3.05, 3.63) is 93.3 Å². The number of rotatable bonds is 4. The first-order valence-electron chi connectivity index (χ1n) is 11.3. The molecule has 0 radical (unpaired) electrons. The maximum absolute atomic E-state index is 14.9. The summed E-state index contributed by atoms with van der Waals surface area (Å²) in [5.41, 5.74) is -0.256. The van der Waals surface area contributed by atoms with Crippen LogP contribution < -0.4 is 15.8 Å². The minimum absolute atomic E-state index is 0.00616. The lowest BCUT2D eigenvalue weighted by Crippen LogP contribution is -2.51. The number of aromatic amines is 1. The lowest BCUT2D eigenvalue weighted by molar-refractivity contribution is 0.388. The molecule has 1 aliphatic rings. The third-order valence-electron chi connectivity index (χ3n) is 5.70. The second-order valence-electron chi connectivity index (χ2n) is 7.75. The van der Waals surface area contributed by atoms with E-state index in [1.165, 1.54) is 18.2 Å². The summed E-state index contributed by atoms with van der Waals surface area (Å²) in [5, 5.41) is 19.8. The molecule has 33 heavy (non-hydrogen) atoms. The predicted octanol–water partition coefficient (Wildman–Crippen LogP) is 3.21. The molecule has 0 saturated carbocycles. The molecule has 0 spiro atoms. The van der Waals surface area contributed by atoms with Crippen LogP contribution in [0.1, 0.15) is 14.0 Å². The molecule has 1 fully saturated rings. The van der Waals surface area contributed by atoms with Crippen LogP contribution in [0, 0.1) is 16.8 Å². The van der Waals surface area contributed by atoms with Gasteiger partial charge in [-0.3, -0.25) is 4.79 Å². The Morgan fingerprint density at radius 1 is 1.09 bits per heavy atom. The van der Waals surface area contributed by atoms with Crippen LogP contribution in [0.5, 0.6) is 0 Å². The topological polar surface area (TPSA) is 94.6 Å². The van der Waals surface area contributed by atoms with Crippen LogP contribution in [0.15, 0.2) is 59.7 Å². The van der Waals surface area contributed by atoms with Crippen molar-refractivity contribution < 1.29 is 11.5 Å². The van der Waals surface area contributed by atoms with Crippen molar-refractivity contribution in [1.29, 1.82) is 0 Å². The second kappa shape index (κ2) is 8.67. The Bertz CT molecular complexity index is 1460. The van der Waals surface area contributed by atoms with Crippen molar-refractivity contribution in [3.63, 3.8) is 0 Å². The van der Waals surface area contributed by atoms with E-state index in [4.69, 9.17) is 2.74 Å². The summed E-state index contributed by atoms with van der Waals surface area (Å²) in [6.07, 6.45) is 2.07. The van der Waals surface area contributed by atoms with Gasteiger partial charge in [0.2, 0.25) is 0 Å². The largest absolute Gasteiger partial charge is 0.627 e. The molecule has 1 saturated heterocycles. The summed E-state index contributed by atoms with van der Waals surface area (Å²) in [5.74, 6) is -1.36. The number of hydroxylamine groups is 2. The van der Waals surface area contributed by atoms with Gasteiger partial charge < -0.3 is 9.85 Å². The van der Waals surface area contributed by atoms with Crippen molar-refractivity contribution in [2.75, 3.05) is 25.4 Å². The molecule has 7 nitrogen and oxygen atoms in total. The zero-order chi connectivity index (χ0) is 24.8. The van der Waals surface area contributed by atoms with Crippen molar-refractivity contribution in [2.24, 2.45) is 0 Å². The zero-order valence-corrected chi connectivity index (χ0v) is 18.2. The van der Waals surface area contributed by atoms with E-state index in [0.717, 1.165) is 18.2 Å². The van der Waals surface area contributed by atoms with E-state index in [1.54, 1.807) is 18.5 Å². The van der Waals surface area contributed by atoms with E-state index < -0.39 is 36.1 Å². The van der Waals surface area contributed by atoms with Gasteiger partial charge in [0.25, 0.3) is 5.56 Å². The summed E-state index contributed by atoms with van der Waals surface area (Å²) in [6, 6.07) is 8.68. The maximum Gasteiger partial charge on any atom is 0.272 e. The first-order valence-corrected chi connectivity index (χ1v) is 12.0. The Hall–Kier alpha value is -3.13. The monoisotopic (exact) mass is 469 g/mol. The van der Waals surface area contributed by atoms with E-state index in [2.05, 4.69) is 20.2 Å². The number of quaternary nitrogens is 1. The molecule has 0 unspecified atom stereocenters. The van der Waals surface area contributed by atoms with Crippen molar-refractivity contribution in [1.82, 2.24) is 24.8 Å². The van der Waals surface area contributed by atoms with Crippen molar-refractivity contribution in [2.45, 2.75) is 6.37 Å². The fourth-order valence-electron chi connectivity index (χ4n) is 3.96. The molecule has 168 valence electrons. The molecule has 2 aromatic heterocycles. The molecule has 1 aliphatic heterocycles. The minimum atomic E-state index is -2.30. The second-order valence-corrected chi connectivity index (χ2v) is 10.1. The SMILES string of the molecule is [2H]C([2H])(c1ccc(F)c([N+]2([O-])CCP(c3ncccn3)CC2)c1)c1n[nH]c(=O)c2cc(F)ccc12. The molecule has 0 atom stereocenters. The number of halogens is 2. The standard InChI is InChI=1S/C23H20F2N5O2P/c24-16-3-4-17-18(14-16)22(31)29-28-20(17)12-15-2-5-19(25)21(13-15)30(32)8-10-33(11-9-30)23-26-6-1-7-27-23/h1-7,13-14H,8-12H2,(H,29,31)/i12D2. The molecule has 2 aromatic carbocycles. The summed E-state index contributed by atoms with van der Waals surface area (Å²) >= 11 is 0. The fourth-order valence-corrected chi connectivity index (χ4v) is 6.17. The van der Waals surface area contributed by atoms with Crippen LogP contribution in [-0.2, 0) is 6.37 Å². The normalized spacial score (nSPS) is 22.1. The molecule has 0 amide bonds. The Kier molecular flexibility index (Phi) is 5.08. The highest BCUT2D eigenvalue weighted by Crippen LogP contribution is 2.40. The van der Waals surface area contributed by atoms with Gasteiger partial charge in [-0.05, 0) is 43.8 Å². The van der Waals surface area contributed by atoms with Crippen LogP contribution >= 0.6 is 7.92 Å². The molecular weight excluding hydrogens is 447 g/mol. The van der Waals surface area contributed by atoms with E-state index >= 15 is 0 Å². The Labute approximate surface area is 191 Å². The number of nitrogens with zero attached hydrogens (tertiary/aromatic N) is 4. The average molecular weight is 469 g/mol. The van der Waals surface area contributed by atoms with Gasteiger partial charge in [-0.15, -0.1) is 0 Å². The molecule has 10 heteroatoms. The summed E-state index contributed by atoms with van der Waals surface area (Å²) in [7, 11) is -0.726. The average Bonchev–Trinajstić information content (AvgIpc) is 2.85. The fraction of sp³-hybridized carbons (Fsp3) is 0.217. The van der Waals surface area contributed by atoms with E-state index in [-0.39, 0.29) is 40.8 Å². The number of H-pyrrole nitrogens is 1. The number of fused-ring (bicyclic) bond motifs is 1. The highest BCUT2D eigenvalue weighted by molar-refractivity contribution is 7.65. The van der Waals surface area contributed by atoms with Gasteiger partial charge in [-0.25, -0.2) is 23.8 Å². The number of nitrogens with one attached hydrogen (secondary N) is 1. The van der Waals surface area contributed by atoms with Gasteiger partial charge in [-0.1, -0.05) is 6.07 Å². The Morgan fingerprint density at radius 3 is 2.61 bits per heavy atom. The molecule has 3 heterocycles. The van der Waals surface area contributed by atoms with Gasteiger partial charge in [0.05, 0.1) is 24.2 Å². The van der Waals surface area contributed by atoms with Gasteiger partial charge in [0.15, 0.2) is 17.1 Å². The molecular formula is C23H20F2N5O2P. The predicted molar refractivity (Wildman–Crippen MR) is 125 cm³/mol. The first-order chi connectivity index (χ1) is 16.7. The third kappa shape index (κ3) is 4.27. The molecule has 5 rings (SSSR count). The lowest BCUT2D eigenvalue weighted by Gasteiger charge is -2.46. The number of benzene rings is 2. The maximum atomic E-state index is 14.9. The highest BCUT2D eigenvalue weighted by atomic mass is 31.1. The molecule has 1 N–H and O–H groups in total. The smallest absolute Gasteiger partial charge is 0.272 e. The van der Waals surface area contributed by atoms with Crippen LogP contribution in [0.25, 0.3) is 10.8 Å². The number of hydrogen-bond acceptors (Lipinski definition) is 5. The van der Waals surface area contributed by atoms with Gasteiger partial charge in [0.1, 0.15) is 5.82 Å². The van der Waals surface area contributed by atoms with Crippen LogP contribution in [0.4, 0.5) is 14.5 Å². The van der Waals surface area contributed by atoms with E-state index in [1.807, 2.05) is 0 Å².